The Bertz CT molecular complexity index is 664. The summed E-state index contributed by atoms with van der Waals surface area (Å²) in [6, 6.07) is 14.8. The number of hydrogen-bond acceptors (Lipinski definition) is 2. The van der Waals surface area contributed by atoms with E-state index in [1.807, 2.05) is 6.92 Å². The van der Waals surface area contributed by atoms with Crippen molar-refractivity contribution in [3.8, 4) is 0 Å². The third-order valence-electron chi connectivity index (χ3n) is 4.03. The van der Waals surface area contributed by atoms with E-state index in [-0.39, 0.29) is 11.9 Å². The van der Waals surface area contributed by atoms with Crippen LogP contribution >= 0.6 is 11.8 Å². The molecule has 2 nitrogen and oxygen atoms in total. The van der Waals surface area contributed by atoms with E-state index in [0.717, 1.165) is 11.3 Å². The number of benzene rings is 2. The molecule has 122 valence electrons. The molecule has 0 aliphatic carbocycles. The van der Waals surface area contributed by atoms with E-state index in [9.17, 15) is 4.79 Å². The lowest BCUT2D eigenvalue weighted by molar-refractivity contribution is -0.121. The SMILES string of the molecule is Cc1ccc(SCCC(=O)N[C@@H](C)c2ccc(C)c(C)c2)cc1. The van der Waals surface area contributed by atoms with E-state index in [1.165, 1.54) is 21.6 Å². The summed E-state index contributed by atoms with van der Waals surface area (Å²) in [5.41, 5.74) is 4.96. The maximum Gasteiger partial charge on any atom is 0.221 e. The molecule has 0 unspecified atom stereocenters. The molecule has 0 fully saturated rings. The molecule has 0 aliphatic rings. The van der Waals surface area contributed by atoms with Gasteiger partial charge in [0.1, 0.15) is 0 Å². The van der Waals surface area contributed by atoms with Crippen LogP contribution in [0.5, 0.6) is 0 Å². The smallest absolute Gasteiger partial charge is 0.221 e. The summed E-state index contributed by atoms with van der Waals surface area (Å²) in [5, 5.41) is 3.09. The van der Waals surface area contributed by atoms with Gasteiger partial charge in [-0.15, -0.1) is 11.8 Å². The van der Waals surface area contributed by atoms with Gasteiger partial charge in [0, 0.05) is 17.1 Å². The van der Waals surface area contributed by atoms with Crippen LogP contribution in [0.4, 0.5) is 0 Å². The molecule has 2 rings (SSSR count). The Balaban J connectivity index is 1.79. The molecule has 1 N–H and O–H groups in total. The minimum absolute atomic E-state index is 0.0474. The number of thioether (sulfide) groups is 1. The summed E-state index contributed by atoms with van der Waals surface area (Å²) in [6.45, 7) is 8.32. The highest BCUT2D eigenvalue weighted by atomic mass is 32.2. The van der Waals surface area contributed by atoms with Gasteiger partial charge in [0.15, 0.2) is 0 Å². The van der Waals surface area contributed by atoms with Gasteiger partial charge in [-0.05, 0) is 56.5 Å². The molecule has 2 aromatic carbocycles. The zero-order chi connectivity index (χ0) is 16.8. The van der Waals surface area contributed by atoms with Gasteiger partial charge in [0.05, 0.1) is 6.04 Å². The minimum Gasteiger partial charge on any atom is -0.350 e. The Hall–Kier alpha value is -1.74. The molecule has 0 spiro atoms. The van der Waals surface area contributed by atoms with Gasteiger partial charge in [-0.25, -0.2) is 0 Å². The predicted octanol–water partition coefficient (Wildman–Crippen LogP) is 4.97. The molecule has 0 aromatic heterocycles. The Kier molecular flexibility index (Phi) is 6.28. The quantitative estimate of drug-likeness (QED) is 0.759. The van der Waals surface area contributed by atoms with E-state index >= 15 is 0 Å². The second-order valence-electron chi connectivity index (χ2n) is 6.04. The fourth-order valence-corrected chi connectivity index (χ4v) is 3.18. The van der Waals surface area contributed by atoms with Crippen LogP contribution in [0.15, 0.2) is 47.4 Å². The molecule has 0 bridgehead atoms. The van der Waals surface area contributed by atoms with E-state index in [0.29, 0.717) is 6.42 Å². The molecule has 2 aromatic rings. The molecule has 1 amide bonds. The number of amides is 1. The number of aryl methyl sites for hydroxylation is 3. The first kappa shape index (κ1) is 17.6. The van der Waals surface area contributed by atoms with Crippen LogP contribution in [0.2, 0.25) is 0 Å². The maximum absolute atomic E-state index is 12.1. The zero-order valence-corrected chi connectivity index (χ0v) is 15.2. The number of carbonyl (C=O) groups is 1. The molecular weight excluding hydrogens is 302 g/mol. The number of hydrogen-bond donors (Lipinski definition) is 1. The fourth-order valence-electron chi connectivity index (χ4n) is 2.33. The largest absolute Gasteiger partial charge is 0.350 e. The molecule has 23 heavy (non-hydrogen) atoms. The summed E-state index contributed by atoms with van der Waals surface area (Å²) < 4.78 is 0. The van der Waals surface area contributed by atoms with Gasteiger partial charge < -0.3 is 5.32 Å². The van der Waals surface area contributed by atoms with Crippen molar-refractivity contribution in [2.75, 3.05) is 5.75 Å². The van der Waals surface area contributed by atoms with Crippen molar-refractivity contribution in [1.29, 1.82) is 0 Å². The van der Waals surface area contributed by atoms with Gasteiger partial charge in [0.25, 0.3) is 0 Å². The van der Waals surface area contributed by atoms with E-state index in [1.54, 1.807) is 11.8 Å². The van der Waals surface area contributed by atoms with E-state index in [4.69, 9.17) is 0 Å². The fraction of sp³-hybridized carbons (Fsp3) is 0.350. The molecular formula is C20H25NOS. The Labute approximate surface area is 143 Å². The molecule has 0 aliphatic heterocycles. The van der Waals surface area contributed by atoms with Crippen LogP contribution in [0.3, 0.4) is 0 Å². The van der Waals surface area contributed by atoms with Crippen LogP contribution in [0, 0.1) is 20.8 Å². The topological polar surface area (TPSA) is 29.1 Å². The third-order valence-corrected chi connectivity index (χ3v) is 5.04. The highest BCUT2D eigenvalue weighted by Crippen LogP contribution is 2.20. The lowest BCUT2D eigenvalue weighted by Crippen LogP contribution is -2.26. The summed E-state index contributed by atoms with van der Waals surface area (Å²) >= 11 is 1.72. The molecule has 3 heteroatoms. The summed E-state index contributed by atoms with van der Waals surface area (Å²) in [5.74, 6) is 0.907. The predicted molar refractivity (Wildman–Crippen MR) is 99.0 cm³/mol. The Morgan fingerprint density at radius 1 is 1.04 bits per heavy atom. The third kappa shape index (κ3) is 5.43. The standard InChI is InChI=1S/C20H25NOS/c1-14-5-9-19(10-6-14)23-12-11-20(22)21-17(4)18-8-7-15(2)16(3)13-18/h5-10,13,17H,11-12H2,1-4H3,(H,21,22)/t17-/m0/s1. The molecule has 1 atom stereocenters. The Morgan fingerprint density at radius 2 is 1.74 bits per heavy atom. The zero-order valence-electron chi connectivity index (χ0n) is 14.3. The average Bonchev–Trinajstić information content (AvgIpc) is 2.52. The summed E-state index contributed by atoms with van der Waals surface area (Å²) in [7, 11) is 0. The first-order chi connectivity index (χ1) is 11.0. The normalized spacial score (nSPS) is 12.0. The Morgan fingerprint density at radius 3 is 2.39 bits per heavy atom. The second-order valence-corrected chi connectivity index (χ2v) is 7.21. The monoisotopic (exact) mass is 327 g/mol. The lowest BCUT2D eigenvalue weighted by Gasteiger charge is -2.15. The minimum atomic E-state index is 0.0474. The first-order valence-electron chi connectivity index (χ1n) is 8.01. The van der Waals surface area contributed by atoms with Crippen LogP contribution < -0.4 is 5.32 Å². The van der Waals surface area contributed by atoms with Gasteiger partial charge >= 0.3 is 0 Å². The van der Waals surface area contributed by atoms with Gasteiger partial charge in [-0.3, -0.25) is 4.79 Å². The van der Waals surface area contributed by atoms with Crippen molar-refractivity contribution in [3.05, 3.63) is 64.7 Å². The van der Waals surface area contributed by atoms with Crippen LogP contribution in [-0.4, -0.2) is 11.7 Å². The highest BCUT2D eigenvalue weighted by Gasteiger charge is 2.10. The second kappa shape index (κ2) is 8.21. The molecule has 0 radical (unpaired) electrons. The van der Waals surface area contributed by atoms with E-state index < -0.39 is 0 Å². The summed E-state index contributed by atoms with van der Waals surface area (Å²) in [4.78, 5) is 13.3. The van der Waals surface area contributed by atoms with Crippen LogP contribution in [-0.2, 0) is 4.79 Å². The van der Waals surface area contributed by atoms with Crippen molar-refractivity contribution in [2.24, 2.45) is 0 Å². The van der Waals surface area contributed by atoms with E-state index in [2.05, 4.69) is 68.6 Å². The van der Waals surface area contributed by atoms with Crippen LogP contribution in [0.25, 0.3) is 0 Å². The molecule has 0 saturated carbocycles. The average molecular weight is 327 g/mol. The van der Waals surface area contributed by atoms with Gasteiger partial charge in [-0.1, -0.05) is 35.9 Å². The van der Waals surface area contributed by atoms with Crippen molar-refractivity contribution in [2.45, 2.75) is 45.1 Å². The van der Waals surface area contributed by atoms with Crippen molar-refractivity contribution < 1.29 is 4.79 Å². The van der Waals surface area contributed by atoms with Crippen molar-refractivity contribution in [3.63, 3.8) is 0 Å². The van der Waals surface area contributed by atoms with Crippen molar-refractivity contribution in [1.82, 2.24) is 5.32 Å². The number of nitrogens with one attached hydrogen (secondary N) is 1. The number of rotatable bonds is 6. The van der Waals surface area contributed by atoms with Gasteiger partial charge in [0.2, 0.25) is 5.91 Å². The molecule has 0 heterocycles. The highest BCUT2D eigenvalue weighted by molar-refractivity contribution is 7.99. The number of carbonyl (C=O) groups excluding carboxylic acids is 1. The van der Waals surface area contributed by atoms with Crippen LogP contribution in [0.1, 0.15) is 41.6 Å². The first-order valence-corrected chi connectivity index (χ1v) is 9.00. The summed E-state index contributed by atoms with van der Waals surface area (Å²) in [6.07, 6.45) is 0.535. The maximum atomic E-state index is 12.1. The lowest BCUT2D eigenvalue weighted by atomic mass is 10.0. The van der Waals surface area contributed by atoms with Crippen molar-refractivity contribution >= 4 is 17.7 Å². The van der Waals surface area contributed by atoms with Gasteiger partial charge in [-0.2, -0.15) is 0 Å². The molecule has 0 saturated heterocycles.